The summed E-state index contributed by atoms with van der Waals surface area (Å²) in [5.74, 6) is 0. The van der Waals surface area contributed by atoms with Crippen molar-refractivity contribution in [3.8, 4) is 0 Å². The molecule has 0 radical (unpaired) electrons. The summed E-state index contributed by atoms with van der Waals surface area (Å²) < 4.78 is 0. The number of nitrogens with zero attached hydrogens (tertiary/aromatic N) is 2. The molecule has 1 aliphatic carbocycles. The summed E-state index contributed by atoms with van der Waals surface area (Å²) in [6.45, 7) is 11.3. The Hall–Kier alpha value is -0.120. The van der Waals surface area contributed by atoms with Gasteiger partial charge in [-0.1, -0.05) is 19.8 Å². The lowest BCUT2D eigenvalue weighted by Crippen LogP contribution is -2.59. The van der Waals surface area contributed by atoms with Crippen molar-refractivity contribution >= 4 is 0 Å². The predicted molar refractivity (Wildman–Crippen MR) is 77.7 cm³/mol. The van der Waals surface area contributed by atoms with Crippen LogP contribution in [-0.4, -0.2) is 53.6 Å². The molecule has 2 rings (SSSR count). The summed E-state index contributed by atoms with van der Waals surface area (Å²) in [7, 11) is 0. The Morgan fingerprint density at radius 1 is 1.33 bits per heavy atom. The Morgan fingerprint density at radius 3 is 2.44 bits per heavy atom. The largest absolute Gasteiger partial charge is 0.329 e. The van der Waals surface area contributed by atoms with Crippen molar-refractivity contribution in [1.82, 2.24) is 9.80 Å². The molecule has 106 valence electrons. The van der Waals surface area contributed by atoms with Gasteiger partial charge in [0.05, 0.1) is 0 Å². The van der Waals surface area contributed by atoms with Gasteiger partial charge in [0.2, 0.25) is 0 Å². The minimum absolute atomic E-state index is 0.258. The standard InChI is InChI=1S/C15H31N3/c1-4-18(14-7-5-6-8-14)15(11-16)9-10-17(12-15)13(2)3/h13-14H,4-12,16H2,1-3H3. The van der Waals surface area contributed by atoms with Crippen LogP contribution in [0.3, 0.4) is 0 Å². The first-order chi connectivity index (χ1) is 8.63. The maximum atomic E-state index is 6.21. The minimum atomic E-state index is 0.258. The normalized spacial score (nSPS) is 31.0. The molecule has 1 heterocycles. The molecule has 0 bridgehead atoms. The zero-order valence-corrected chi connectivity index (χ0v) is 12.5. The summed E-state index contributed by atoms with van der Waals surface area (Å²) in [6, 6.07) is 1.45. The molecule has 1 saturated carbocycles. The summed E-state index contributed by atoms with van der Waals surface area (Å²) >= 11 is 0. The van der Waals surface area contributed by atoms with Gasteiger partial charge in [0.15, 0.2) is 0 Å². The van der Waals surface area contributed by atoms with Crippen molar-refractivity contribution < 1.29 is 0 Å². The van der Waals surface area contributed by atoms with Crippen LogP contribution in [0.4, 0.5) is 0 Å². The van der Waals surface area contributed by atoms with Gasteiger partial charge in [-0.25, -0.2) is 0 Å². The van der Waals surface area contributed by atoms with Crippen LogP contribution in [0.15, 0.2) is 0 Å². The highest BCUT2D eigenvalue weighted by molar-refractivity contribution is 5.03. The molecule has 3 nitrogen and oxygen atoms in total. The molecular formula is C15H31N3. The topological polar surface area (TPSA) is 32.5 Å². The highest BCUT2D eigenvalue weighted by atomic mass is 15.3. The molecule has 1 unspecified atom stereocenters. The van der Waals surface area contributed by atoms with Crippen LogP contribution >= 0.6 is 0 Å². The molecule has 0 spiro atoms. The lowest BCUT2D eigenvalue weighted by Gasteiger charge is -2.44. The number of hydrogen-bond donors (Lipinski definition) is 1. The maximum absolute atomic E-state index is 6.21. The predicted octanol–water partition coefficient (Wildman–Crippen LogP) is 2.06. The van der Waals surface area contributed by atoms with E-state index in [1.165, 1.54) is 45.2 Å². The first-order valence-electron chi connectivity index (χ1n) is 7.84. The van der Waals surface area contributed by atoms with Crippen LogP contribution in [0.25, 0.3) is 0 Å². The average molecular weight is 253 g/mol. The zero-order valence-electron chi connectivity index (χ0n) is 12.5. The third-order valence-electron chi connectivity index (χ3n) is 5.19. The summed E-state index contributed by atoms with van der Waals surface area (Å²) in [6.07, 6.45) is 6.85. The van der Waals surface area contributed by atoms with Gasteiger partial charge >= 0.3 is 0 Å². The van der Waals surface area contributed by atoms with Crippen LogP contribution < -0.4 is 5.73 Å². The lowest BCUT2D eigenvalue weighted by molar-refractivity contribution is 0.0574. The van der Waals surface area contributed by atoms with E-state index in [4.69, 9.17) is 5.73 Å². The van der Waals surface area contributed by atoms with Crippen molar-refractivity contribution in [3.63, 3.8) is 0 Å². The van der Waals surface area contributed by atoms with E-state index in [2.05, 4.69) is 30.6 Å². The van der Waals surface area contributed by atoms with E-state index in [0.29, 0.717) is 6.04 Å². The number of likely N-dealkylation sites (tertiary alicyclic amines) is 1. The Morgan fingerprint density at radius 2 is 2.00 bits per heavy atom. The van der Waals surface area contributed by atoms with Crippen molar-refractivity contribution in [2.75, 3.05) is 26.2 Å². The van der Waals surface area contributed by atoms with Gasteiger partial charge in [-0.2, -0.15) is 0 Å². The van der Waals surface area contributed by atoms with Gasteiger partial charge in [0.1, 0.15) is 0 Å². The van der Waals surface area contributed by atoms with Crippen LogP contribution in [0.5, 0.6) is 0 Å². The lowest BCUT2D eigenvalue weighted by atomic mass is 9.93. The second-order valence-electron chi connectivity index (χ2n) is 6.47. The first-order valence-corrected chi connectivity index (χ1v) is 7.84. The van der Waals surface area contributed by atoms with Gasteiger partial charge in [-0.05, 0) is 39.7 Å². The van der Waals surface area contributed by atoms with Crippen LogP contribution in [0, 0.1) is 0 Å². The molecule has 2 N–H and O–H groups in total. The Kier molecular flexibility index (Phi) is 4.68. The third-order valence-corrected chi connectivity index (χ3v) is 5.19. The molecular weight excluding hydrogens is 222 g/mol. The number of likely N-dealkylation sites (N-methyl/N-ethyl adjacent to an activating group) is 1. The maximum Gasteiger partial charge on any atom is 0.0473 e. The Balaban J connectivity index is 2.10. The fourth-order valence-corrected chi connectivity index (χ4v) is 4.04. The second kappa shape index (κ2) is 5.89. The fourth-order valence-electron chi connectivity index (χ4n) is 4.04. The van der Waals surface area contributed by atoms with E-state index in [1.54, 1.807) is 0 Å². The van der Waals surface area contributed by atoms with E-state index in [-0.39, 0.29) is 5.54 Å². The van der Waals surface area contributed by atoms with Crippen LogP contribution in [0.2, 0.25) is 0 Å². The Labute approximate surface area is 113 Å². The number of hydrogen-bond acceptors (Lipinski definition) is 3. The monoisotopic (exact) mass is 253 g/mol. The molecule has 2 aliphatic rings. The van der Waals surface area contributed by atoms with Crippen molar-refractivity contribution in [2.45, 2.75) is 70.5 Å². The highest BCUT2D eigenvalue weighted by Crippen LogP contribution is 2.34. The molecule has 18 heavy (non-hydrogen) atoms. The van der Waals surface area contributed by atoms with E-state index in [0.717, 1.165) is 19.1 Å². The molecule has 1 atom stereocenters. The molecule has 3 heteroatoms. The SMILES string of the molecule is CCN(C1CCCC1)C1(CN)CCN(C(C)C)C1. The molecule has 0 aromatic rings. The number of rotatable bonds is 5. The zero-order chi connectivity index (χ0) is 13.2. The quantitative estimate of drug-likeness (QED) is 0.814. The second-order valence-corrected chi connectivity index (χ2v) is 6.47. The van der Waals surface area contributed by atoms with E-state index in [9.17, 15) is 0 Å². The summed E-state index contributed by atoms with van der Waals surface area (Å²) in [4.78, 5) is 5.35. The average Bonchev–Trinajstić information content (AvgIpc) is 3.00. The fraction of sp³-hybridized carbons (Fsp3) is 1.00. The summed E-state index contributed by atoms with van der Waals surface area (Å²) in [5.41, 5.74) is 6.46. The van der Waals surface area contributed by atoms with Crippen molar-refractivity contribution in [1.29, 1.82) is 0 Å². The van der Waals surface area contributed by atoms with Gasteiger partial charge < -0.3 is 5.73 Å². The smallest absolute Gasteiger partial charge is 0.0473 e. The number of nitrogens with two attached hydrogens (primary N) is 1. The van der Waals surface area contributed by atoms with Crippen LogP contribution in [-0.2, 0) is 0 Å². The summed E-state index contributed by atoms with van der Waals surface area (Å²) in [5, 5.41) is 0. The van der Waals surface area contributed by atoms with Crippen molar-refractivity contribution in [3.05, 3.63) is 0 Å². The molecule has 1 aliphatic heterocycles. The van der Waals surface area contributed by atoms with Gasteiger partial charge in [-0.15, -0.1) is 0 Å². The van der Waals surface area contributed by atoms with E-state index < -0.39 is 0 Å². The van der Waals surface area contributed by atoms with Gasteiger partial charge in [0, 0.05) is 37.3 Å². The molecule has 2 fully saturated rings. The van der Waals surface area contributed by atoms with Gasteiger partial charge in [-0.3, -0.25) is 9.80 Å². The molecule has 0 aromatic heterocycles. The highest BCUT2D eigenvalue weighted by Gasteiger charge is 2.44. The van der Waals surface area contributed by atoms with E-state index in [1.807, 2.05) is 0 Å². The van der Waals surface area contributed by atoms with Crippen LogP contribution in [0.1, 0.15) is 52.9 Å². The minimum Gasteiger partial charge on any atom is -0.329 e. The van der Waals surface area contributed by atoms with E-state index >= 15 is 0 Å². The van der Waals surface area contributed by atoms with Crippen molar-refractivity contribution in [2.24, 2.45) is 5.73 Å². The van der Waals surface area contributed by atoms with Gasteiger partial charge in [0.25, 0.3) is 0 Å². The molecule has 0 aromatic carbocycles. The Bertz CT molecular complexity index is 260. The molecule has 0 amide bonds. The third kappa shape index (κ3) is 2.59. The first kappa shape index (κ1) is 14.3. The molecule has 1 saturated heterocycles.